The lowest BCUT2D eigenvalue weighted by molar-refractivity contribution is -0.135. The SMILES string of the molecule is C[C@@H]1CCC/C(=N/NC(=O)CN2CCCCCC2=O)C1. The van der Waals surface area contributed by atoms with Crippen molar-refractivity contribution in [3.05, 3.63) is 0 Å². The molecule has 1 saturated heterocycles. The van der Waals surface area contributed by atoms with Crippen LogP contribution in [0.5, 0.6) is 0 Å². The van der Waals surface area contributed by atoms with Gasteiger partial charge in [0.1, 0.15) is 6.54 Å². The summed E-state index contributed by atoms with van der Waals surface area (Å²) in [6.07, 6.45) is 7.93. The van der Waals surface area contributed by atoms with Crippen LogP contribution in [-0.2, 0) is 9.59 Å². The zero-order valence-electron chi connectivity index (χ0n) is 12.4. The zero-order valence-corrected chi connectivity index (χ0v) is 12.4. The van der Waals surface area contributed by atoms with E-state index in [0.717, 1.165) is 44.2 Å². The van der Waals surface area contributed by atoms with Crippen LogP contribution in [0.2, 0.25) is 0 Å². The molecule has 1 aliphatic heterocycles. The Labute approximate surface area is 120 Å². The summed E-state index contributed by atoms with van der Waals surface area (Å²) in [6.45, 7) is 3.05. The summed E-state index contributed by atoms with van der Waals surface area (Å²) in [4.78, 5) is 25.3. The third kappa shape index (κ3) is 4.62. The standard InChI is InChI=1S/C15H25N3O2/c1-12-6-5-7-13(10-12)16-17-14(19)11-18-9-4-2-3-8-15(18)20/h12H,2-11H2,1H3,(H,17,19)/b16-13-/t12-/m1/s1. The van der Waals surface area contributed by atoms with Crippen LogP contribution < -0.4 is 5.43 Å². The Balaban J connectivity index is 1.79. The summed E-state index contributed by atoms with van der Waals surface area (Å²) in [7, 11) is 0. The highest BCUT2D eigenvalue weighted by molar-refractivity contribution is 5.88. The molecule has 0 aromatic heterocycles. The van der Waals surface area contributed by atoms with Gasteiger partial charge in [0, 0.05) is 18.7 Å². The van der Waals surface area contributed by atoms with Gasteiger partial charge >= 0.3 is 0 Å². The third-order valence-corrected chi connectivity index (χ3v) is 4.09. The number of hydrazone groups is 1. The first kappa shape index (κ1) is 15.0. The minimum Gasteiger partial charge on any atom is -0.333 e. The number of rotatable bonds is 3. The van der Waals surface area contributed by atoms with Crippen molar-refractivity contribution >= 4 is 17.5 Å². The monoisotopic (exact) mass is 279 g/mol. The summed E-state index contributed by atoms with van der Waals surface area (Å²) >= 11 is 0. The molecule has 1 aliphatic carbocycles. The quantitative estimate of drug-likeness (QED) is 0.804. The number of carbonyl (C=O) groups excluding carboxylic acids is 2. The maximum absolute atomic E-state index is 11.9. The van der Waals surface area contributed by atoms with Crippen molar-refractivity contribution in [2.24, 2.45) is 11.0 Å². The van der Waals surface area contributed by atoms with Crippen LogP contribution in [0.25, 0.3) is 0 Å². The normalized spacial score (nSPS) is 26.4. The van der Waals surface area contributed by atoms with Crippen LogP contribution >= 0.6 is 0 Å². The lowest BCUT2D eigenvalue weighted by Gasteiger charge is -2.20. The van der Waals surface area contributed by atoms with Crippen LogP contribution in [0, 0.1) is 5.92 Å². The van der Waals surface area contributed by atoms with Crippen molar-refractivity contribution in [2.75, 3.05) is 13.1 Å². The van der Waals surface area contributed by atoms with Crippen molar-refractivity contribution in [1.82, 2.24) is 10.3 Å². The average molecular weight is 279 g/mol. The van der Waals surface area contributed by atoms with E-state index in [1.165, 1.54) is 6.42 Å². The fourth-order valence-corrected chi connectivity index (χ4v) is 2.92. The molecule has 2 fully saturated rings. The fraction of sp³-hybridized carbons (Fsp3) is 0.800. The van der Waals surface area contributed by atoms with Gasteiger partial charge < -0.3 is 4.90 Å². The van der Waals surface area contributed by atoms with E-state index < -0.39 is 0 Å². The number of nitrogens with one attached hydrogen (secondary N) is 1. The number of hydrogen-bond acceptors (Lipinski definition) is 3. The Hall–Kier alpha value is -1.39. The van der Waals surface area contributed by atoms with E-state index in [2.05, 4.69) is 17.5 Å². The number of carbonyl (C=O) groups is 2. The second-order valence-electron chi connectivity index (χ2n) is 6.04. The smallest absolute Gasteiger partial charge is 0.259 e. The van der Waals surface area contributed by atoms with Gasteiger partial charge in [0.05, 0.1) is 0 Å². The molecule has 5 heteroatoms. The van der Waals surface area contributed by atoms with Crippen molar-refractivity contribution in [3.8, 4) is 0 Å². The molecule has 5 nitrogen and oxygen atoms in total. The summed E-state index contributed by atoms with van der Waals surface area (Å²) in [5.41, 5.74) is 3.70. The molecule has 1 atom stereocenters. The van der Waals surface area contributed by atoms with Crippen molar-refractivity contribution in [2.45, 2.75) is 58.3 Å². The molecule has 0 spiro atoms. The molecule has 0 unspecified atom stereocenters. The Kier molecular flexibility index (Phi) is 5.56. The first-order valence-electron chi connectivity index (χ1n) is 7.77. The molecule has 2 aliphatic rings. The molecule has 20 heavy (non-hydrogen) atoms. The van der Waals surface area contributed by atoms with Gasteiger partial charge in [0.25, 0.3) is 5.91 Å². The van der Waals surface area contributed by atoms with E-state index in [-0.39, 0.29) is 18.4 Å². The molecular weight excluding hydrogens is 254 g/mol. The van der Waals surface area contributed by atoms with Crippen molar-refractivity contribution in [1.29, 1.82) is 0 Å². The zero-order chi connectivity index (χ0) is 14.4. The predicted octanol–water partition coefficient (Wildman–Crippen LogP) is 2.07. The highest BCUT2D eigenvalue weighted by Crippen LogP contribution is 2.20. The van der Waals surface area contributed by atoms with E-state index in [1.807, 2.05) is 0 Å². The van der Waals surface area contributed by atoms with Gasteiger partial charge in [-0.2, -0.15) is 5.10 Å². The number of hydrogen-bond donors (Lipinski definition) is 1. The number of amides is 2. The maximum Gasteiger partial charge on any atom is 0.259 e. The van der Waals surface area contributed by atoms with Gasteiger partial charge in [-0.1, -0.05) is 13.3 Å². The Bertz CT molecular complexity index is 393. The Morgan fingerprint density at radius 3 is 2.95 bits per heavy atom. The van der Waals surface area contributed by atoms with Crippen LogP contribution in [-0.4, -0.2) is 35.5 Å². The topological polar surface area (TPSA) is 61.8 Å². The fourth-order valence-electron chi connectivity index (χ4n) is 2.92. The third-order valence-electron chi connectivity index (χ3n) is 4.09. The van der Waals surface area contributed by atoms with Crippen molar-refractivity contribution < 1.29 is 9.59 Å². The molecule has 0 aromatic rings. The summed E-state index contributed by atoms with van der Waals surface area (Å²) in [5, 5.41) is 4.23. The minimum absolute atomic E-state index is 0.0941. The molecule has 1 heterocycles. The highest BCUT2D eigenvalue weighted by atomic mass is 16.2. The van der Waals surface area contributed by atoms with Gasteiger partial charge in [-0.25, -0.2) is 5.43 Å². The summed E-state index contributed by atoms with van der Waals surface area (Å²) in [6, 6.07) is 0. The molecule has 0 aromatic carbocycles. The summed E-state index contributed by atoms with van der Waals surface area (Å²) < 4.78 is 0. The van der Waals surface area contributed by atoms with Gasteiger partial charge in [-0.3, -0.25) is 9.59 Å². The van der Waals surface area contributed by atoms with Gasteiger partial charge in [-0.05, 0) is 44.4 Å². The second-order valence-corrected chi connectivity index (χ2v) is 6.04. The molecule has 1 saturated carbocycles. The lowest BCUT2D eigenvalue weighted by atomic mass is 9.89. The van der Waals surface area contributed by atoms with E-state index >= 15 is 0 Å². The van der Waals surface area contributed by atoms with Gasteiger partial charge in [-0.15, -0.1) is 0 Å². The van der Waals surface area contributed by atoms with E-state index in [1.54, 1.807) is 4.90 Å². The predicted molar refractivity (Wildman–Crippen MR) is 78.3 cm³/mol. The maximum atomic E-state index is 11.9. The van der Waals surface area contributed by atoms with Crippen LogP contribution in [0.1, 0.15) is 58.3 Å². The number of nitrogens with zero attached hydrogens (tertiary/aromatic N) is 2. The molecule has 1 N–H and O–H groups in total. The number of likely N-dealkylation sites (tertiary alicyclic amines) is 1. The van der Waals surface area contributed by atoms with Crippen LogP contribution in [0.15, 0.2) is 5.10 Å². The average Bonchev–Trinajstić information content (AvgIpc) is 2.62. The van der Waals surface area contributed by atoms with E-state index in [4.69, 9.17) is 0 Å². The summed E-state index contributed by atoms with van der Waals surface area (Å²) in [5.74, 6) is 0.578. The molecule has 0 bridgehead atoms. The molecular formula is C15H25N3O2. The van der Waals surface area contributed by atoms with Gasteiger partial charge in [0.2, 0.25) is 5.91 Å². The lowest BCUT2D eigenvalue weighted by Crippen LogP contribution is -2.39. The first-order chi connectivity index (χ1) is 9.65. The van der Waals surface area contributed by atoms with Crippen LogP contribution in [0.3, 0.4) is 0 Å². The molecule has 2 amide bonds. The largest absolute Gasteiger partial charge is 0.333 e. The van der Waals surface area contributed by atoms with Crippen LogP contribution in [0.4, 0.5) is 0 Å². The molecule has 2 rings (SSSR count). The van der Waals surface area contributed by atoms with Gasteiger partial charge in [0.15, 0.2) is 0 Å². The highest BCUT2D eigenvalue weighted by Gasteiger charge is 2.19. The Morgan fingerprint density at radius 1 is 1.30 bits per heavy atom. The minimum atomic E-state index is -0.175. The second kappa shape index (κ2) is 7.41. The molecule has 112 valence electrons. The van der Waals surface area contributed by atoms with E-state index in [0.29, 0.717) is 18.9 Å². The molecule has 0 radical (unpaired) electrons. The van der Waals surface area contributed by atoms with Crippen molar-refractivity contribution in [3.63, 3.8) is 0 Å². The van der Waals surface area contributed by atoms with E-state index in [9.17, 15) is 9.59 Å². The first-order valence-corrected chi connectivity index (χ1v) is 7.77. The Morgan fingerprint density at radius 2 is 2.15 bits per heavy atom.